The number of hydrogen-bond donors (Lipinski definition) is 4. The van der Waals surface area contributed by atoms with Gasteiger partial charge in [0.15, 0.2) is 0 Å². The average molecular weight is 274 g/mol. The van der Waals surface area contributed by atoms with Gasteiger partial charge >= 0.3 is 0 Å². The number of rotatable bonds is 5. The summed E-state index contributed by atoms with van der Waals surface area (Å²) in [5.41, 5.74) is 0. The molecule has 0 aromatic heterocycles. The molecule has 1 unspecified atom stereocenters. The van der Waals surface area contributed by atoms with E-state index in [1.165, 1.54) is 6.92 Å². The maximum absolute atomic E-state index is 9.95. The molecule has 19 heavy (non-hydrogen) atoms. The van der Waals surface area contributed by atoms with Gasteiger partial charge in [0, 0.05) is 0 Å². The molecule has 0 aliphatic heterocycles. The highest BCUT2D eigenvalue weighted by atomic mass is 16.3. The minimum atomic E-state index is -0.560. The maximum Gasteiger partial charge on any atom is 0.249 e. The Hall–Kier alpha value is -2.32. The lowest BCUT2D eigenvalue weighted by Gasteiger charge is -1.90. The molecule has 0 radical (unpaired) electrons. The standard InChI is InChI=1S/2C4H5NO2.C3H8O2/c2*1-2-4(7)5-3-6;1-3(5)2-4/h2*2-3H,1H2,(H,5,6,7);3-5H,2H2,1H3. The molecule has 108 valence electrons. The average Bonchev–Trinajstić information content (AvgIpc) is 2.40. The zero-order valence-corrected chi connectivity index (χ0v) is 10.5. The van der Waals surface area contributed by atoms with Crippen LogP contribution in [-0.4, -0.2) is 47.6 Å². The molecule has 0 aliphatic carbocycles. The first-order valence-corrected chi connectivity index (χ1v) is 4.91. The topological polar surface area (TPSA) is 133 Å². The minimum Gasteiger partial charge on any atom is -0.394 e. The third-order valence-corrected chi connectivity index (χ3v) is 1.04. The fourth-order valence-electron chi connectivity index (χ4n) is 0.234. The van der Waals surface area contributed by atoms with E-state index in [1.807, 2.05) is 10.6 Å². The van der Waals surface area contributed by atoms with Crippen molar-refractivity contribution in [3.63, 3.8) is 0 Å². The molecule has 0 saturated heterocycles. The Morgan fingerprint density at radius 3 is 1.42 bits per heavy atom. The van der Waals surface area contributed by atoms with Crippen LogP contribution in [-0.2, 0) is 19.2 Å². The molecule has 8 nitrogen and oxygen atoms in total. The molecule has 0 bridgehead atoms. The molecule has 4 N–H and O–H groups in total. The lowest BCUT2D eigenvalue weighted by atomic mass is 10.5. The molecule has 1 atom stereocenters. The normalized spacial score (nSPS) is 9.00. The van der Waals surface area contributed by atoms with Crippen molar-refractivity contribution < 1.29 is 29.4 Å². The van der Waals surface area contributed by atoms with E-state index in [-0.39, 0.29) is 6.61 Å². The number of carbonyl (C=O) groups is 4. The van der Waals surface area contributed by atoms with Gasteiger partial charge in [-0.05, 0) is 19.1 Å². The highest BCUT2D eigenvalue weighted by Gasteiger charge is 1.84. The Morgan fingerprint density at radius 1 is 1.11 bits per heavy atom. The Bertz CT molecular complexity index is 276. The molecule has 0 aromatic rings. The molecule has 0 heterocycles. The number of nitrogens with one attached hydrogen (secondary N) is 2. The first-order chi connectivity index (χ1) is 8.89. The summed E-state index contributed by atoms with van der Waals surface area (Å²) in [7, 11) is 0. The van der Waals surface area contributed by atoms with E-state index >= 15 is 0 Å². The molecule has 0 aliphatic rings. The highest BCUT2D eigenvalue weighted by Crippen LogP contribution is 1.68. The van der Waals surface area contributed by atoms with Gasteiger partial charge in [-0.1, -0.05) is 13.2 Å². The van der Waals surface area contributed by atoms with Crippen molar-refractivity contribution in [1.29, 1.82) is 0 Å². The number of hydrogen-bond acceptors (Lipinski definition) is 6. The van der Waals surface area contributed by atoms with Gasteiger partial charge in [0.05, 0.1) is 12.7 Å². The molecular formula is C11H18N2O6. The Labute approximate surface area is 110 Å². The van der Waals surface area contributed by atoms with Crippen LogP contribution in [0.3, 0.4) is 0 Å². The molecular weight excluding hydrogens is 256 g/mol. The molecule has 0 aromatic carbocycles. The van der Waals surface area contributed by atoms with E-state index in [0.717, 1.165) is 12.2 Å². The Kier molecular flexibility index (Phi) is 20.8. The summed E-state index contributed by atoms with van der Waals surface area (Å²) in [4.78, 5) is 38.7. The quantitative estimate of drug-likeness (QED) is 0.347. The molecule has 0 rings (SSSR count). The van der Waals surface area contributed by atoms with E-state index in [9.17, 15) is 19.2 Å². The van der Waals surface area contributed by atoms with Crippen LogP contribution in [0.1, 0.15) is 6.92 Å². The van der Waals surface area contributed by atoms with Crippen LogP contribution >= 0.6 is 0 Å². The second-order valence-corrected chi connectivity index (χ2v) is 2.69. The van der Waals surface area contributed by atoms with Crippen LogP contribution < -0.4 is 10.6 Å². The van der Waals surface area contributed by atoms with Crippen LogP contribution in [0.5, 0.6) is 0 Å². The smallest absolute Gasteiger partial charge is 0.249 e. The van der Waals surface area contributed by atoms with Gasteiger partial charge in [0.2, 0.25) is 24.6 Å². The van der Waals surface area contributed by atoms with Gasteiger partial charge in [0.25, 0.3) is 0 Å². The summed E-state index contributed by atoms with van der Waals surface area (Å²) >= 11 is 0. The van der Waals surface area contributed by atoms with Crippen LogP contribution in [0.2, 0.25) is 0 Å². The second-order valence-electron chi connectivity index (χ2n) is 2.69. The fourth-order valence-corrected chi connectivity index (χ4v) is 0.234. The molecule has 0 saturated carbocycles. The molecule has 8 heteroatoms. The number of aliphatic hydroxyl groups is 2. The van der Waals surface area contributed by atoms with Crippen molar-refractivity contribution >= 4 is 24.6 Å². The minimum absolute atomic E-state index is 0.139. The van der Waals surface area contributed by atoms with E-state index < -0.39 is 17.9 Å². The first-order valence-electron chi connectivity index (χ1n) is 4.91. The van der Waals surface area contributed by atoms with Crippen molar-refractivity contribution in [2.75, 3.05) is 6.61 Å². The Morgan fingerprint density at radius 2 is 1.37 bits per heavy atom. The maximum atomic E-state index is 9.95. The van der Waals surface area contributed by atoms with Crippen LogP contribution in [0.25, 0.3) is 0 Å². The van der Waals surface area contributed by atoms with Gasteiger partial charge in [-0.25, -0.2) is 0 Å². The summed E-state index contributed by atoms with van der Waals surface area (Å²) in [5, 5.41) is 19.7. The largest absolute Gasteiger partial charge is 0.394 e. The third-order valence-electron chi connectivity index (χ3n) is 1.04. The summed E-state index contributed by atoms with van der Waals surface area (Å²) in [6, 6.07) is 0. The Balaban J connectivity index is -0.000000206. The van der Waals surface area contributed by atoms with Gasteiger partial charge in [0.1, 0.15) is 0 Å². The number of amides is 4. The van der Waals surface area contributed by atoms with Gasteiger partial charge in [-0.3, -0.25) is 29.8 Å². The predicted molar refractivity (Wildman–Crippen MR) is 67.6 cm³/mol. The van der Waals surface area contributed by atoms with E-state index in [1.54, 1.807) is 0 Å². The van der Waals surface area contributed by atoms with Gasteiger partial charge in [-0.2, -0.15) is 0 Å². The van der Waals surface area contributed by atoms with Crippen LogP contribution in [0.4, 0.5) is 0 Å². The number of carbonyl (C=O) groups excluding carboxylic acids is 4. The van der Waals surface area contributed by atoms with Crippen molar-refractivity contribution in [2.45, 2.75) is 13.0 Å². The lowest BCUT2D eigenvalue weighted by molar-refractivity contribution is -0.123. The fraction of sp³-hybridized carbons (Fsp3) is 0.273. The summed E-state index contributed by atoms with van der Waals surface area (Å²) in [5.74, 6) is -0.954. The SMILES string of the molecule is C=CC(=O)NC=O.C=CC(=O)NC=O.CC(O)CO. The molecule has 0 spiro atoms. The zero-order chi connectivity index (χ0) is 15.7. The van der Waals surface area contributed by atoms with Gasteiger partial charge < -0.3 is 10.2 Å². The van der Waals surface area contributed by atoms with Crippen LogP contribution in [0.15, 0.2) is 25.3 Å². The molecule has 4 amide bonds. The second kappa shape index (κ2) is 18.1. The first kappa shape index (κ1) is 21.9. The van der Waals surface area contributed by atoms with Crippen molar-refractivity contribution in [3.8, 4) is 0 Å². The lowest BCUT2D eigenvalue weighted by Crippen LogP contribution is -2.17. The zero-order valence-electron chi connectivity index (χ0n) is 10.5. The van der Waals surface area contributed by atoms with Gasteiger partial charge in [-0.15, -0.1) is 0 Å². The number of imide groups is 2. The van der Waals surface area contributed by atoms with Crippen molar-refractivity contribution in [1.82, 2.24) is 10.6 Å². The van der Waals surface area contributed by atoms with E-state index in [4.69, 9.17) is 10.2 Å². The highest BCUT2D eigenvalue weighted by molar-refractivity contribution is 5.94. The summed E-state index contributed by atoms with van der Waals surface area (Å²) in [6.45, 7) is 7.61. The van der Waals surface area contributed by atoms with Crippen molar-refractivity contribution in [2.24, 2.45) is 0 Å². The predicted octanol–water partition coefficient (Wildman–Crippen LogP) is -1.75. The van der Waals surface area contributed by atoms with Crippen LogP contribution in [0, 0.1) is 0 Å². The van der Waals surface area contributed by atoms with E-state index in [2.05, 4.69) is 13.2 Å². The van der Waals surface area contributed by atoms with Crippen molar-refractivity contribution in [3.05, 3.63) is 25.3 Å². The summed E-state index contributed by atoms with van der Waals surface area (Å²) < 4.78 is 0. The number of aliphatic hydroxyl groups excluding tert-OH is 2. The third kappa shape index (κ3) is 31.3. The molecule has 0 fully saturated rings. The summed E-state index contributed by atoms with van der Waals surface area (Å²) in [6.07, 6.45) is 2.10. The monoisotopic (exact) mass is 274 g/mol. The van der Waals surface area contributed by atoms with E-state index in [0.29, 0.717) is 12.8 Å².